The summed E-state index contributed by atoms with van der Waals surface area (Å²) < 4.78 is 90.1. The number of hydrogen-bond donors (Lipinski definition) is 0. The topological polar surface area (TPSA) is 56.9 Å². The van der Waals surface area contributed by atoms with Crippen molar-refractivity contribution in [3.05, 3.63) is 55.2 Å². The molecule has 2 aromatic rings. The average molecular weight is 392 g/mol. The van der Waals surface area contributed by atoms with Crippen LogP contribution in [0.15, 0.2) is 21.7 Å². The van der Waals surface area contributed by atoms with Gasteiger partial charge in [-0.25, -0.2) is 18.7 Å². The van der Waals surface area contributed by atoms with Crippen LogP contribution in [0.4, 0.5) is 30.7 Å². The zero-order valence-corrected chi connectivity index (χ0v) is 12.6. The van der Waals surface area contributed by atoms with E-state index < -0.39 is 51.6 Å². The summed E-state index contributed by atoms with van der Waals surface area (Å²) in [5.41, 5.74) is -6.91. The van der Waals surface area contributed by atoms with Crippen LogP contribution in [0, 0.1) is 5.82 Å². The van der Waals surface area contributed by atoms with Crippen molar-refractivity contribution >= 4 is 11.6 Å². The number of halogens is 8. The van der Waals surface area contributed by atoms with E-state index in [2.05, 4.69) is 4.98 Å². The number of alkyl halides is 6. The van der Waals surface area contributed by atoms with E-state index in [0.29, 0.717) is 7.05 Å². The Morgan fingerprint density at radius 2 is 1.60 bits per heavy atom. The lowest BCUT2D eigenvalue weighted by atomic mass is 10.3. The summed E-state index contributed by atoms with van der Waals surface area (Å²) in [6.07, 6.45) is -10.2. The molecule has 0 atom stereocenters. The van der Waals surface area contributed by atoms with E-state index in [1.54, 1.807) is 0 Å². The van der Waals surface area contributed by atoms with E-state index >= 15 is 0 Å². The van der Waals surface area contributed by atoms with Crippen molar-refractivity contribution in [2.45, 2.75) is 12.4 Å². The Morgan fingerprint density at radius 1 is 1.04 bits per heavy atom. The molecule has 0 aliphatic heterocycles. The van der Waals surface area contributed by atoms with E-state index in [-0.39, 0.29) is 21.3 Å². The third-order valence-corrected chi connectivity index (χ3v) is 3.29. The fourth-order valence-corrected chi connectivity index (χ4v) is 2.15. The predicted molar refractivity (Wildman–Crippen MR) is 70.0 cm³/mol. The van der Waals surface area contributed by atoms with Gasteiger partial charge in [-0.3, -0.25) is 9.36 Å². The minimum Gasteiger partial charge on any atom is -0.292 e. The minimum absolute atomic E-state index is 0.0651. The van der Waals surface area contributed by atoms with Crippen LogP contribution in [0.25, 0.3) is 5.82 Å². The Morgan fingerprint density at radius 3 is 2.08 bits per heavy atom. The molecule has 0 aromatic carbocycles. The van der Waals surface area contributed by atoms with Crippen molar-refractivity contribution in [2.24, 2.45) is 7.05 Å². The molecule has 0 spiro atoms. The Labute approximate surface area is 137 Å². The molecule has 0 aliphatic carbocycles. The molecule has 2 rings (SSSR count). The summed E-state index contributed by atoms with van der Waals surface area (Å²) in [6.45, 7) is 0. The first-order valence-corrected chi connectivity index (χ1v) is 6.47. The van der Waals surface area contributed by atoms with Gasteiger partial charge in [0.25, 0.3) is 5.56 Å². The van der Waals surface area contributed by atoms with Crippen LogP contribution < -0.4 is 11.2 Å². The maximum atomic E-state index is 13.9. The monoisotopic (exact) mass is 391 g/mol. The molecule has 2 heterocycles. The predicted octanol–water partition coefficient (Wildman–Crippen LogP) is 2.76. The van der Waals surface area contributed by atoms with Gasteiger partial charge in [0.1, 0.15) is 5.69 Å². The number of hydrogen-bond acceptors (Lipinski definition) is 3. The summed E-state index contributed by atoms with van der Waals surface area (Å²) in [7, 11) is 0.611. The SMILES string of the molecule is Cn1c(C(F)(F)F)cc(=O)n(-c2nc(C(F)(F)F)c(Cl)cc2F)c1=O. The normalized spacial score (nSPS) is 12.5. The second-order valence-corrected chi connectivity index (χ2v) is 5.07. The number of pyridine rings is 1. The van der Waals surface area contributed by atoms with E-state index in [9.17, 15) is 40.3 Å². The number of rotatable bonds is 1. The molecule has 0 bridgehead atoms. The molecular formula is C12H5ClF7N3O2. The van der Waals surface area contributed by atoms with Gasteiger partial charge in [-0.15, -0.1) is 0 Å². The summed E-state index contributed by atoms with van der Waals surface area (Å²) in [5.74, 6) is -3.02. The standard InChI is InChI=1S/C12H5ClF7N3O2/c1-22-6(11(15,16)17)3-7(24)23(10(22)25)9-5(14)2-4(13)8(21-9)12(18,19)20/h2-3H,1H3. The molecule has 0 radical (unpaired) electrons. The third kappa shape index (κ3) is 3.38. The smallest absolute Gasteiger partial charge is 0.292 e. The van der Waals surface area contributed by atoms with Gasteiger partial charge < -0.3 is 0 Å². The molecule has 0 unspecified atom stereocenters. The average Bonchev–Trinajstić information content (AvgIpc) is 2.42. The summed E-state index contributed by atoms with van der Waals surface area (Å²) in [5, 5.41) is -1.15. The van der Waals surface area contributed by atoms with Gasteiger partial charge in [-0.05, 0) is 6.07 Å². The Hall–Kier alpha value is -2.37. The summed E-state index contributed by atoms with van der Waals surface area (Å²) in [4.78, 5) is 26.6. The molecule has 5 nitrogen and oxygen atoms in total. The Bertz CT molecular complexity index is 959. The highest BCUT2D eigenvalue weighted by Crippen LogP contribution is 2.34. The Kier molecular flexibility index (Phi) is 4.45. The first kappa shape index (κ1) is 19.0. The molecule has 136 valence electrons. The molecule has 0 saturated carbocycles. The zero-order chi connectivity index (χ0) is 19.3. The second-order valence-electron chi connectivity index (χ2n) is 4.66. The zero-order valence-electron chi connectivity index (χ0n) is 11.8. The van der Waals surface area contributed by atoms with Gasteiger partial charge in [0.2, 0.25) is 0 Å². The Balaban J connectivity index is 2.88. The van der Waals surface area contributed by atoms with Gasteiger partial charge in [0.15, 0.2) is 17.3 Å². The van der Waals surface area contributed by atoms with Gasteiger partial charge >= 0.3 is 18.0 Å². The fourth-order valence-electron chi connectivity index (χ4n) is 1.91. The van der Waals surface area contributed by atoms with E-state index in [0.717, 1.165) is 0 Å². The lowest BCUT2D eigenvalue weighted by Gasteiger charge is -2.15. The molecule has 2 aromatic heterocycles. The molecule has 0 saturated heterocycles. The van der Waals surface area contributed by atoms with Gasteiger partial charge in [0.05, 0.1) is 5.02 Å². The van der Waals surface area contributed by atoms with Gasteiger partial charge in [-0.2, -0.15) is 26.3 Å². The number of aromatic nitrogens is 3. The van der Waals surface area contributed by atoms with Crippen molar-refractivity contribution in [2.75, 3.05) is 0 Å². The van der Waals surface area contributed by atoms with Gasteiger partial charge in [0, 0.05) is 13.1 Å². The highest BCUT2D eigenvalue weighted by Gasteiger charge is 2.38. The highest BCUT2D eigenvalue weighted by atomic mass is 35.5. The molecule has 0 fully saturated rings. The lowest BCUT2D eigenvalue weighted by Crippen LogP contribution is -2.41. The lowest BCUT2D eigenvalue weighted by molar-refractivity contribution is -0.144. The van der Waals surface area contributed by atoms with E-state index in [1.807, 2.05) is 0 Å². The maximum absolute atomic E-state index is 13.9. The van der Waals surface area contributed by atoms with Crippen LogP contribution in [-0.4, -0.2) is 14.1 Å². The van der Waals surface area contributed by atoms with Crippen molar-refractivity contribution in [1.82, 2.24) is 14.1 Å². The third-order valence-electron chi connectivity index (χ3n) is 3.00. The fraction of sp³-hybridized carbons (Fsp3) is 0.250. The van der Waals surface area contributed by atoms with E-state index in [4.69, 9.17) is 11.6 Å². The van der Waals surface area contributed by atoms with Crippen LogP contribution in [0.3, 0.4) is 0 Å². The maximum Gasteiger partial charge on any atom is 0.434 e. The van der Waals surface area contributed by atoms with Crippen molar-refractivity contribution < 1.29 is 30.7 Å². The number of nitrogens with zero attached hydrogens (tertiary/aromatic N) is 3. The largest absolute Gasteiger partial charge is 0.434 e. The van der Waals surface area contributed by atoms with Gasteiger partial charge in [-0.1, -0.05) is 11.6 Å². The molecule has 0 N–H and O–H groups in total. The molecule has 13 heteroatoms. The highest BCUT2D eigenvalue weighted by molar-refractivity contribution is 6.31. The first-order chi connectivity index (χ1) is 11.2. The minimum atomic E-state index is -5.15. The van der Waals surface area contributed by atoms with Crippen molar-refractivity contribution in [3.8, 4) is 5.82 Å². The molecule has 25 heavy (non-hydrogen) atoms. The van der Waals surface area contributed by atoms with Crippen LogP contribution in [0.5, 0.6) is 0 Å². The van der Waals surface area contributed by atoms with E-state index in [1.165, 1.54) is 0 Å². The first-order valence-electron chi connectivity index (χ1n) is 6.09. The molecular weight excluding hydrogens is 387 g/mol. The van der Waals surface area contributed by atoms with Crippen molar-refractivity contribution in [1.29, 1.82) is 0 Å². The van der Waals surface area contributed by atoms with Crippen LogP contribution >= 0.6 is 11.6 Å². The van der Waals surface area contributed by atoms with Crippen LogP contribution in [0.2, 0.25) is 5.02 Å². The van der Waals surface area contributed by atoms with Crippen LogP contribution in [-0.2, 0) is 19.4 Å². The summed E-state index contributed by atoms with van der Waals surface area (Å²) >= 11 is 5.23. The second kappa shape index (κ2) is 5.86. The summed E-state index contributed by atoms with van der Waals surface area (Å²) in [6, 6.07) is 0.0840. The molecule has 0 aliphatic rings. The van der Waals surface area contributed by atoms with Crippen molar-refractivity contribution in [3.63, 3.8) is 0 Å². The molecule has 0 amide bonds. The van der Waals surface area contributed by atoms with Crippen LogP contribution in [0.1, 0.15) is 11.4 Å². The quantitative estimate of drug-likeness (QED) is 0.703.